The molecule has 0 amide bonds. The maximum absolute atomic E-state index is 12.2. The van der Waals surface area contributed by atoms with Crippen LogP contribution in [0.3, 0.4) is 0 Å². The minimum absolute atomic E-state index is 0.142. The van der Waals surface area contributed by atoms with E-state index < -0.39 is 113 Å². The molecule has 18 heteroatoms. The number of rotatable bonds is 15. The van der Waals surface area contributed by atoms with Crippen LogP contribution in [0.15, 0.2) is 0 Å². The molecule has 2 heterocycles. The van der Waals surface area contributed by atoms with Gasteiger partial charge in [0.05, 0.1) is 0 Å². The summed E-state index contributed by atoms with van der Waals surface area (Å²) >= 11 is 0. The number of aliphatic hydroxyl groups is 1. The summed E-state index contributed by atoms with van der Waals surface area (Å²) in [6, 6.07) is 0. The van der Waals surface area contributed by atoms with E-state index in [1.54, 1.807) is 0 Å². The Bertz CT molecular complexity index is 1080. The van der Waals surface area contributed by atoms with Crippen molar-refractivity contribution in [1.82, 2.24) is 0 Å². The van der Waals surface area contributed by atoms with Crippen molar-refractivity contribution in [1.29, 1.82) is 0 Å². The summed E-state index contributed by atoms with van der Waals surface area (Å²) in [4.78, 5) is 36.1. The highest BCUT2D eigenvalue weighted by Gasteiger charge is 2.56. The topological polar surface area (TPSA) is 164 Å². The van der Waals surface area contributed by atoms with Gasteiger partial charge in [-0.05, 0) is 78.6 Å². The van der Waals surface area contributed by atoms with E-state index in [-0.39, 0.29) is 13.2 Å². The van der Waals surface area contributed by atoms with Crippen LogP contribution in [0.2, 0.25) is 78.6 Å². The van der Waals surface area contributed by atoms with E-state index >= 15 is 0 Å². The molecule has 2 aliphatic heterocycles. The highest BCUT2D eigenvalue weighted by Crippen LogP contribution is 2.38. The molecule has 0 aromatic rings. The maximum Gasteiger partial charge on any atom is 0.303 e. The number of carbonyl (C=O) groups excluding carboxylic acids is 3. The molecule has 0 aromatic heterocycles. The second kappa shape index (κ2) is 17.0. The third-order valence-electron chi connectivity index (χ3n) is 6.65. The second-order valence-corrected chi connectivity index (χ2v) is 34.0. The van der Waals surface area contributed by atoms with Crippen LogP contribution >= 0.6 is 0 Å². The van der Waals surface area contributed by atoms with Gasteiger partial charge in [0.25, 0.3) is 0 Å². The Morgan fingerprint density at radius 1 is 0.521 bits per heavy atom. The zero-order valence-electron chi connectivity index (χ0n) is 31.4. The van der Waals surface area contributed by atoms with E-state index in [1.807, 2.05) is 39.3 Å². The lowest BCUT2D eigenvalue weighted by molar-refractivity contribution is -0.349. The van der Waals surface area contributed by atoms with Crippen molar-refractivity contribution >= 4 is 51.2 Å². The maximum atomic E-state index is 12.2. The van der Waals surface area contributed by atoms with Gasteiger partial charge >= 0.3 is 17.9 Å². The van der Waals surface area contributed by atoms with Gasteiger partial charge in [0.1, 0.15) is 55.9 Å². The number of aliphatic hydroxyl groups excluding tert-OH is 1. The Kier molecular flexibility index (Phi) is 15.3. The lowest BCUT2D eigenvalue weighted by atomic mass is 9.97. The van der Waals surface area contributed by atoms with Gasteiger partial charge < -0.3 is 51.2 Å². The van der Waals surface area contributed by atoms with Crippen molar-refractivity contribution in [3.05, 3.63) is 0 Å². The predicted octanol–water partition coefficient (Wildman–Crippen LogP) is 3.75. The summed E-state index contributed by atoms with van der Waals surface area (Å²) < 4.78 is 62.7. The number of hydrogen-bond acceptors (Lipinski definition) is 14. The Morgan fingerprint density at radius 3 is 1.29 bits per heavy atom. The quantitative estimate of drug-likeness (QED) is 0.146. The molecule has 2 saturated heterocycles. The zero-order chi connectivity index (χ0) is 37.0. The SMILES string of the molecule is CC(=O)OC[C@H]1O[C@@H](O[C@H]2[C@H](O[Si](C)(C)C)[C@@H](OC(C)=O)C(O)O[C@@H]2COC(C)=O)[C@H](O[Si](C)(C)C)[C@@H](O[Si](C)(C)C)[C@H]1O[Si](C)(C)C. The van der Waals surface area contributed by atoms with Gasteiger partial charge in [0.15, 0.2) is 52.0 Å². The van der Waals surface area contributed by atoms with Crippen LogP contribution in [-0.4, -0.2) is 131 Å². The standard InChI is InChI=1S/C30H60O14Si4/c1-18(31)35-16-21-23(25(42-46(7,8)9)27(29(34)38-21)37-20(3)33)40-30-28(44-48(13,14)15)26(43-47(10,11)12)24(41-45(4,5)6)22(39-30)17-36-19(2)32/h21-30,34H,16-17H2,1-15H3/t21-,22-,23-,24+,25+,26+,27-,28-,29?,30+/m1/s1. The lowest BCUT2D eigenvalue weighted by Crippen LogP contribution is -2.69. The minimum Gasteiger partial charge on any atom is -0.463 e. The first-order valence-corrected chi connectivity index (χ1v) is 30.1. The van der Waals surface area contributed by atoms with E-state index in [2.05, 4.69) is 39.3 Å². The first-order chi connectivity index (χ1) is 21.7. The molecule has 0 saturated carbocycles. The predicted molar refractivity (Wildman–Crippen MR) is 186 cm³/mol. The summed E-state index contributed by atoms with van der Waals surface area (Å²) in [6.45, 7) is 27.6. The molecule has 1 N–H and O–H groups in total. The molecule has 0 bridgehead atoms. The molecule has 14 nitrogen and oxygen atoms in total. The zero-order valence-corrected chi connectivity index (χ0v) is 35.4. The summed E-state index contributed by atoms with van der Waals surface area (Å²) in [5, 5.41) is 11.0. The molecule has 2 aliphatic rings. The molecule has 10 atom stereocenters. The van der Waals surface area contributed by atoms with Crippen LogP contribution < -0.4 is 0 Å². The van der Waals surface area contributed by atoms with Gasteiger partial charge in [-0.2, -0.15) is 0 Å². The van der Waals surface area contributed by atoms with E-state index in [9.17, 15) is 19.5 Å². The third-order valence-corrected chi connectivity index (χ3v) is 10.6. The van der Waals surface area contributed by atoms with Crippen molar-refractivity contribution in [3.63, 3.8) is 0 Å². The first kappa shape index (κ1) is 43.1. The van der Waals surface area contributed by atoms with Crippen molar-refractivity contribution < 1.29 is 65.6 Å². The van der Waals surface area contributed by atoms with Gasteiger partial charge in [-0.25, -0.2) is 0 Å². The average molecular weight is 757 g/mol. The van der Waals surface area contributed by atoms with Crippen molar-refractivity contribution in [2.75, 3.05) is 13.2 Å². The van der Waals surface area contributed by atoms with Crippen LogP contribution in [-0.2, 0) is 60.5 Å². The molecule has 0 aromatic carbocycles. The molecule has 2 fully saturated rings. The Balaban J connectivity index is 2.78. The summed E-state index contributed by atoms with van der Waals surface area (Å²) in [7, 11) is -9.33. The molecule has 0 aliphatic carbocycles. The fraction of sp³-hybridized carbons (Fsp3) is 0.900. The Morgan fingerprint density at radius 2 is 0.896 bits per heavy atom. The van der Waals surface area contributed by atoms with Crippen LogP contribution in [0.5, 0.6) is 0 Å². The fourth-order valence-electron chi connectivity index (χ4n) is 5.36. The van der Waals surface area contributed by atoms with Crippen molar-refractivity contribution in [2.45, 2.75) is 161 Å². The molecule has 2 rings (SSSR count). The fourth-order valence-corrected chi connectivity index (χ4v) is 9.69. The second-order valence-electron chi connectivity index (χ2n) is 16.2. The van der Waals surface area contributed by atoms with E-state index in [4.69, 9.17) is 46.1 Å². The van der Waals surface area contributed by atoms with Crippen LogP contribution in [0.4, 0.5) is 0 Å². The minimum atomic E-state index is -2.43. The molecular formula is C30H60O14Si4. The molecule has 280 valence electrons. The third kappa shape index (κ3) is 14.7. The van der Waals surface area contributed by atoms with Crippen molar-refractivity contribution in [3.8, 4) is 0 Å². The molecule has 0 spiro atoms. The normalized spacial score (nSPS) is 32.0. The molecule has 1 unspecified atom stereocenters. The highest BCUT2D eigenvalue weighted by atomic mass is 28.4. The van der Waals surface area contributed by atoms with Gasteiger partial charge in [-0.1, -0.05) is 0 Å². The van der Waals surface area contributed by atoms with E-state index in [1.165, 1.54) is 20.8 Å². The Labute approximate surface area is 290 Å². The van der Waals surface area contributed by atoms with Crippen LogP contribution in [0, 0.1) is 0 Å². The Hall–Kier alpha value is -1.04. The smallest absolute Gasteiger partial charge is 0.303 e. The number of hydrogen-bond donors (Lipinski definition) is 1. The van der Waals surface area contributed by atoms with Gasteiger partial charge in [0, 0.05) is 20.8 Å². The number of ether oxygens (including phenoxy) is 6. The highest BCUT2D eigenvalue weighted by molar-refractivity contribution is 6.71. The summed E-state index contributed by atoms with van der Waals surface area (Å²) in [5.41, 5.74) is 0. The van der Waals surface area contributed by atoms with Crippen molar-refractivity contribution in [2.24, 2.45) is 0 Å². The summed E-state index contributed by atoms with van der Waals surface area (Å²) in [6.07, 6.45) is -10.3. The molecule has 48 heavy (non-hydrogen) atoms. The molecular weight excluding hydrogens is 697 g/mol. The van der Waals surface area contributed by atoms with E-state index in [0.717, 1.165) is 0 Å². The number of carbonyl (C=O) groups is 3. The lowest BCUT2D eigenvalue weighted by Gasteiger charge is -2.52. The molecule has 0 radical (unpaired) electrons. The van der Waals surface area contributed by atoms with Gasteiger partial charge in [-0.15, -0.1) is 0 Å². The first-order valence-electron chi connectivity index (χ1n) is 16.5. The average Bonchev–Trinajstić information content (AvgIpc) is 2.85. The van der Waals surface area contributed by atoms with E-state index in [0.29, 0.717) is 0 Å². The van der Waals surface area contributed by atoms with Gasteiger partial charge in [0.2, 0.25) is 0 Å². The summed E-state index contributed by atoms with van der Waals surface area (Å²) in [5.74, 6) is -1.72. The monoisotopic (exact) mass is 756 g/mol. The largest absolute Gasteiger partial charge is 0.463 e. The number of esters is 3. The van der Waals surface area contributed by atoms with Gasteiger partial charge in [-0.3, -0.25) is 14.4 Å². The van der Waals surface area contributed by atoms with Crippen LogP contribution in [0.1, 0.15) is 20.8 Å². The van der Waals surface area contributed by atoms with Crippen LogP contribution in [0.25, 0.3) is 0 Å².